The van der Waals surface area contributed by atoms with Crippen molar-refractivity contribution in [2.75, 3.05) is 7.05 Å². The summed E-state index contributed by atoms with van der Waals surface area (Å²) in [6.45, 7) is 0. The van der Waals surface area contributed by atoms with Crippen LogP contribution in [0.3, 0.4) is 0 Å². The molecule has 0 spiro atoms. The zero-order chi connectivity index (χ0) is 13.6. The quantitative estimate of drug-likeness (QED) is 0.744. The highest BCUT2D eigenvalue weighted by Crippen LogP contribution is 2.38. The Morgan fingerprint density at radius 3 is 2.37 bits per heavy atom. The molecule has 0 radical (unpaired) electrons. The Morgan fingerprint density at radius 2 is 1.79 bits per heavy atom. The van der Waals surface area contributed by atoms with Gasteiger partial charge in [0.2, 0.25) is 0 Å². The van der Waals surface area contributed by atoms with E-state index in [4.69, 9.17) is 0 Å². The van der Waals surface area contributed by atoms with Crippen LogP contribution >= 0.6 is 0 Å². The molecule has 2 aliphatic rings. The van der Waals surface area contributed by atoms with Crippen LogP contribution in [0.4, 0.5) is 13.2 Å². The molecular formula is C15H16F3N. The van der Waals surface area contributed by atoms with Gasteiger partial charge in [0.1, 0.15) is 0 Å². The topological polar surface area (TPSA) is 3.24 Å². The first-order valence-electron chi connectivity index (χ1n) is 6.55. The van der Waals surface area contributed by atoms with Crippen molar-refractivity contribution in [3.05, 3.63) is 41.5 Å². The minimum atomic E-state index is -4.25. The SMILES string of the molecule is CN1C2C=C(c3ccc(C(F)(F)F)cc3)CC1CC2. The second kappa shape index (κ2) is 4.37. The van der Waals surface area contributed by atoms with Crippen molar-refractivity contribution >= 4 is 5.57 Å². The number of hydrogen-bond acceptors (Lipinski definition) is 1. The highest BCUT2D eigenvalue weighted by molar-refractivity contribution is 5.68. The summed E-state index contributed by atoms with van der Waals surface area (Å²) in [4.78, 5) is 2.37. The molecule has 2 aliphatic heterocycles. The Morgan fingerprint density at radius 1 is 1.11 bits per heavy atom. The molecule has 1 saturated heterocycles. The lowest BCUT2D eigenvalue weighted by atomic mass is 9.94. The fraction of sp³-hybridized carbons (Fsp3) is 0.467. The Hall–Kier alpha value is -1.29. The smallest absolute Gasteiger partial charge is 0.297 e. The first-order valence-corrected chi connectivity index (χ1v) is 6.55. The van der Waals surface area contributed by atoms with Gasteiger partial charge in [-0.2, -0.15) is 13.2 Å². The molecule has 1 fully saturated rings. The summed E-state index contributed by atoms with van der Waals surface area (Å²) in [5.41, 5.74) is 1.55. The molecule has 1 nitrogen and oxygen atoms in total. The summed E-state index contributed by atoms with van der Waals surface area (Å²) in [5, 5.41) is 0. The Labute approximate surface area is 110 Å². The van der Waals surface area contributed by atoms with Crippen molar-refractivity contribution in [2.45, 2.75) is 37.5 Å². The first kappa shape index (κ1) is 12.7. The first-order chi connectivity index (χ1) is 8.95. The summed E-state index contributed by atoms with van der Waals surface area (Å²) in [7, 11) is 2.13. The van der Waals surface area contributed by atoms with Gasteiger partial charge in [-0.1, -0.05) is 18.2 Å². The summed E-state index contributed by atoms with van der Waals surface area (Å²) >= 11 is 0. The number of rotatable bonds is 1. The van der Waals surface area contributed by atoms with Crippen molar-refractivity contribution in [1.82, 2.24) is 4.90 Å². The van der Waals surface area contributed by atoms with Crippen LogP contribution in [0.2, 0.25) is 0 Å². The summed E-state index contributed by atoms with van der Waals surface area (Å²) in [5.74, 6) is 0. The maximum Gasteiger partial charge on any atom is 0.416 e. The Bertz CT molecular complexity index is 501. The fourth-order valence-corrected chi connectivity index (χ4v) is 3.13. The molecule has 102 valence electrons. The van der Waals surface area contributed by atoms with Crippen LogP contribution in [0, 0.1) is 0 Å². The standard InChI is InChI=1S/C15H16F3N/c1-19-13-6-7-14(19)9-11(8-13)10-2-4-12(5-3-10)15(16,17)18/h2-5,8,13-14H,6-7,9H2,1H3. The van der Waals surface area contributed by atoms with E-state index in [9.17, 15) is 13.2 Å². The summed E-state index contributed by atoms with van der Waals surface area (Å²) in [6.07, 6.45) is 1.25. The lowest BCUT2D eigenvalue weighted by Gasteiger charge is -2.30. The monoisotopic (exact) mass is 267 g/mol. The second-order valence-electron chi connectivity index (χ2n) is 5.44. The largest absolute Gasteiger partial charge is 0.416 e. The van der Waals surface area contributed by atoms with E-state index < -0.39 is 11.7 Å². The fourth-order valence-electron chi connectivity index (χ4n) is 3.13. The Balaban J connectivity index is 1.86. The van der Waals surface area contributed by atoms with Crippen LogP contribution in [0.5, 0.6) is 0 Å². The maximum atomic E-state index is 12.5. The van der Waals surface area contributed by atoms with Crippen molar-refractivity contribution in [3.63, 3.8) is 0 Å². The van der Waals surface area contributed by atoms with Gasteiger partial charge in [-0.15, -0.1) is 0 Å². The third-order valence-electron chi connectivity index (χ3n) is 4.33. The molecule has 2 atom stereocenters. The molecule has 19 heavy (non-hydrogen) atoms. The van der Waals surface area contributed by atoms with E-state index in [-0.39, 0.29) is 0 Å². The van der Waals surface area contributed by atoms with Crippen LogP contribution in [0.15, 0.2) is 30.3 Å². The highest BCUT2D eigenvalue weighted by Gasteiger charge is 2.34. The predicted molar refractivity (Wildman–Crippen MR) is 68.6 cm³/mol. The molecule has 1 aromatic carbocycles. The molecular weight excluding hydrogens is 251 g/mol. The second-order valence-corrected chi connectivity index (χ2v) is 5.44. The number of likely N-dealkylation sites (N-methyl/N-ethyl adjacent to an activating group) is 1. The van der Waals surface area contributed by atoms with Crippen molar-refractivity contribution in [3.8, 4) is 0 Å². The Kier molecular flexibility index (Phi) is 2.93. The third-order valence-corrected chi connectivity index (χ3v) is 4.33. The van der Waals surface area contributed by atoms with Gasteiger partial charge in [0, 0.05) is 12.1 Å². The molecule has 1 aromatic rings. The zero-order valence-electron chi connectivity index (χ0n) is 10.7. The van der Waals surface area contributed by atoms with Gasteiger partial charge in [-0.25, -0.2) is 0 Å². The molecule has 4 heteroatoms. The van der Waals surface area contributed by atoms with Crippen molar-refractivity contribution in [1.29, 1.82) is 0 Å². The van der Waals surface area contributed by atoms with E-state index in [0.29, 0.717) is 12.1 Å². The van der Waals surface area contributed by atoms with Gasteiger partial charge < -0.3 is 0 Å². The van der Waals surface area contributed by atoms with Crippen LogP contribution < -0.4 is 0 Å². The molecule has 0 N–H and O–H groups in total. The maximum absolute atomic E-state index is 12.5. The summed E-state index contributed by atoms with van der Waals surface area (Å²) in [6, 6.07) is 6.55. The van der Waals surface area contributed by atoms with Crippen LogP contribution in [-0.4, -0.2) is 24.0 Å². The average Bonchev–Trinajstić information content (AvgIpc) is 2.61. The molecule has 0 aliphatic carbocycles. The number of benzene rings is 1. The molecule has 0 saturated carbocycles. The lowest BCUT2D eigenvalue weighted by molar-refractivity contribution is -0.137. The van der Waals surface area contributed by atoms with Crippen LogP contribution in [0.1, 0.15) is 30.4 Å². The number of alkyl halides is 3. The van der Waals surface area contributed by atoms with Crippen molar-refractivity contribution < 1.29 is 13.2 Å². The number of fused-ring (bicyclic) bond motifs is 2. The van der Waals surface area contributed by atoms with E-state index in [0.717, 1.165) is 18.4 Å². The minimum Gasteiger partial charge on any atom is -0.297 e. The summed E-state index contributed by atoms with van der Waals surface area (Å²) < 4.78 is 37.6. The van der Waals surface area contributed by atoms with Gasteiger partial charge >= 0.3 is 6.18 Å². The average molecular weight is 267 g/mol. The van der Waals surface area contributed by atoms with Gasteiger partial charge in [-0.3, -0.25) is 4.90 Å². The van der Waals surface area contributed by atoms with Crippen molar-refractivity contribution in [2.24, 2.45) is 0 Å². The molecule has 0 aromatic heterocycles. The molecule has 2 bridgehead atoms. The molecule has 3 rings (SSSR count). The van der Waals surface area contributed by atoms with Gasteiger partial charge in [0.05, 0.1) is 5.56 Å². The normalized spacial score (nSPS) is 27.5. The van der Waals surface area contributed by atoms with Crippen LogP contribution in [0.25, 0.3) is 5.57 Å². The predicted octanol–water partition coefficient (Wildman–Crippen LogP) is 3.96. The zero-order valence-corrected chi connectivity index (χ0v) is 10.7. The van der Waals surface area contributed by atoms with E-state index in [1.54, 1.807) is 12.1 Å². The van der Waals surface area contributed by atoms with E-state index >= 15 is 0 Å². The van der Waals surface area contributed by atoms with Gasteiger partial charge in [0.25, 0.3) is 0 Å². The third kappa shape index (κ3) is 2.29. The van der Waals surface area contributed by atoms with E-state index in [1.807, 2.05) is 0 Å². The molecule has 2 unspecified atom stereocenters. The van der Waals surface area contributed by atoms with Crippen LogP contribution in [-0.2, 0) is 6.18 Å². The van der Waals surface area contributed by atoms with Gasteiger partial charge in [-0.05, 0) is 49.6 Å². The number of nitrogens with zero attached hydrogens (tertiary/aromatic N) is 1. The highest BCUT2D eigenvalue weighted by atomic mass is 19.4. The van der Waals surface area contributed by atoms with E-state index in [1.165, 1.54) is 24.1 Å². The lowest BCUT2D eigenvalue weighted by Crippen LogP contribution is -2.34. The molecule has 2 heterocycles. The van der Waals surface area contributed by atoms with E-state index in [2.05, 4.69) is 18.0 Å². The van der Waals surface area contributed by atoms with Gasteiger partial charge in [0.15, 0.2) is 0 Å². The minimum absolute atomic E-state index is 0.455. The number of halogens is 3. The molecule has 0 amide bonds. The number of hydrogen-bond donors (Lipinski definition) is 0.